The van der Waals surface area contributed by atoms with E-state index in [9.17, 15) is 15.0 Å². The van der Waals surface area contributed by atoms with Gasteiger partial charge in [0.2, 0.25) is 0 Å². The van der Waals surface area contributed by atoms with Gasteiger partial charge in [0, 0.05) is 18.6 Å². The van der Waals surface area contributed by atoms with Crippen molar-refractivity contribution in [3.8, 4) is 11.5 Å². The van der Waals surface area contributed by atoms with E-state index >= 15 is 0 Å². The van der Waals surface area contributed by atoms with Crippen LogP contribution in [-0.2, 0) is 11.2 Å². The zero-order valence-electron chi connectivity index (χ0n) is 19.1. The number of imidazole rings is 1. The highest BCUT2D eigenvalue weighted by molar-refractivity contribution is 5.92. The van der Waals surface area contributed by atoms with Crippen molar-refractivity contribution >= 4 is 17.0 Å². The van der Waals surface area contributed by atoms with Crippen LogP contribution in [0.2, 0.25) is 0 Å². The molecule has 0 aliphatic heterocycles. The van der Waals surface area contributed by atoms with Crippen LogP contribution in [0.1, 0.15) is 52.7 Å². The zero-order valence-corrected chi connectivity index (χ0v) is 19.1. The molecule has 3 aromatic rings. The van der Waals surface area contributed by atoms with Crippen molar-refractivity contribution in [2.75, 3.05) is 20.8 Å². The minimum Gasteiger partial charge on any atom is -0.496 e. The minimum absolute atomic E-state index is 0.178. The Morgan fingerprint density at radius 3 is 2.45 bits per heavy atom. The van der Waals surface area contributed by atoms with E-state index in [1.807, 2.05) is 6.92 Å². The first-order valence-electron chi connectivity index (χ1n) is 11.1. The first kappa shape index (κ1) is 23.1. The average molecular weight is 455 g/mol. The van der Waals surface area contributed by atoms with Crippen LogP contribution < -0.4 is 9.47 Å². The zero-order chi connectivity index (χ0) is 23.5. The Balaban J connectivity index is 1.62. The number of aromatic carboxylic acids is 1. The lowest BCUT2D eigenvalue weighted by molar-refractivity contribution is -0.0598. The number of hydrogen-bond acceptors (Lipinski definition) is 6. The van der Waals surface area contributed by atoms with Crippen LogP contribution in [0, 0.1) is 12.8 Å². The number of aromatic nitrogens is 2. The first-order chi connectivity index (χ1) is 15.9. The van der Waals surface area contributed by atoms with Crippen molar-refractivity contribution in [3.05, 3.63) is 52.8 Å². The van der Waals surface area contributed by atoms with Gasteiger partial charge in [-0.05, 0) is 61.6 Å². The maximum Gasteiger partial charge on any atom is 0.335 e. The van der Waals surface area contributed by atoms with Gasteiger partial charge in [-0.3, -0.25) is 0 Å². The first-order valence-corrected chi connectivity index (χ1v) is 11.1. The molecular weight excluding hydrogens is 424 g/mol. The molecule has 2 atom stereocenters. The predicted molar refractivity (Wildman–Crippen MR) is 123 cm³/mol. The van der Waals surface area contributed by atoms with Gasteiger partial charge in [-0.25, -0.2) is 9.78 Å². The number of aliphatic hydroxyl groups is 1. The molecule has 0 unspecified atom stereocenters. The molecule has 0 bridgehead atoms. The number of carboxylic acid groups (broad SMARTS) is 1. The number of H-pyrrole nitrogens is 1. The van der Waals surface area contributed by atoms with Crippen molar-refractivity contribution < 1.29 is 29.2 Å². The van der Waals surface area contributed by atoms with E-state index in [1.54, 1.807) is 32.4 Å². The van der Waals surface area contributed by atoms with Crippen LogP contribution in [0.4, 0.5) is 0 Å². The van der Waals surface area contributed by atoms with Crippen molar-refractivity contribution in [2.45, 2.75) is 44.8 Å². The molecule has 1 aromatic heterocycles. The second kappa shape index (κ2) is 9.80. The summed E-state index contributed by atoms with van der Waals surface area (Å²) in [7, 11) is 3.17. The number of benzene rings is 2. The maximum atomic E-state index is 11.3. The SMILES string of the molecule is COc1cc([C@@H](O)[C@H](Cc2nc3cc(C(=O)O)ccc3[nH]2)OCC2CCC2)cc(OC)c1C. The summed E-state index contributed by atoms with van der Waals surface area (Å²) < 4.78 is 17.2. The summed E-state index contributed by atoms with van der Waals surface area (Å²) in [6, 6.07) is 8.39. The summed E-state index contributed by atoms with van der Waals surface area (Å²) >= 11 is 0. The van der Waals surface area contributed by atoms with Crippen LogP contribution in [0.3, 0.4) is 0 Å². The number of nitrogens with one attached hydrogen (secondary N) is 1. The van der Waals surface area contributed by atoms with E-state index in [4.69, 9.17) is 14.2 Å². The van der Waals surface area contributed by atoms with Gasteiger partial charge in [-0.1, -0.05) is 6.42 Å². The molecule has 176 valence electrons. The lowest BCUT2D eigenvalue weighted by Gasteiger charge is -2.30. The molecule has 8 nitrogen and oxygen atoms in total. The highest BCUT2D eigenvalue weighted by atomic mass is 16.5. The van der Waals surface area contributed by atoms with E-state index < -0.39 is 18.2 Å². The fourth-order valence-corrected chi connectivity index (χ4v) is 4.15. The van der Waals surface area contributed by atoms with Gasteiger partial charge < -0.3 is 29.4 Å². The fourth-order valence-electron chi connectivity index (χ4n) is 4.15. The van der Waals surface area contributed by atoms with Gasteiger partial charge in [-0.2, -0.15) is 0 Å². The number of methoxy groups -OCH3 is 2. The summed E-state index contributed by atoms with van der Waals surface area (Å²) in [6.07, 6.45) is 2.33. The van der Waals surface area contributed by atoms with Gasteiger partial charge in [0.15, 0.2) is 0 Å². The lowest BCUT2D eigenvalue weighted by Crippen LogP contribution is -2.29. The van der Waals surface area contributed by atoms with Crippen molar-refractivity contribution in [1.82, 2.24) is 9.97 Å². The van der Waals surface area contributed by atoms with Gasteiger partial charge in [0.25, 0.3) is 0 Å². The number of aromatic amines is 1. The van der Waals surface area contributed by atoms with Crippen molar-refractivity contribution in [3.63, 3.8) is 0 Å². The van der Waals surface area contributed by atoms with E-state index in [2.05, 4.69) is 9.97 Å². The largest absolute Gasteiger partial charge is 0.496 e. The number of carbonyl (C=O) groups is 1. The lowest BCUT2D eigenvalue weighted by atomic mass is 9.86. The third kappa shape index (κ3) is 4.96. The number of rotatable bonds is 10. The van der Waals surface area contributed by atoms with Crippen LogP contribution >= 0.6 is 0 Å². The summed E-state index contributed by atoms with van der Waals surface area (Å²) in [5, 5.41) is 20.6. The van der Waals surface area contributed by atoms with Crippen LogP contribution in [-0.4, -0.2) is 53.1 Å². The molecule has 0 amide bonds. The number of carboxylic acids is 1. The van der Waals surface area contributed by atoms with E-state index in [1.165, 1.54) is 18.6 Å². The Hall–Kier alpha value is -3.10. The highest BCUT2D eigenvalue weighted by Gasteiger charge is 2.28. The summed E-state index contributed by atoms with van der Waals surface area (Å²) in [6.45, 7) is 2.48. The van der Waals surface area contributed by atoms with Gasteiger partial charge in [-0.15, -0.1) is 0 Å². The second-order valence-corrected chi connectivity index (χ2v) is 8.59. The molecule has 1 heterocycles. The number of hydrogen-bond donors (Lipinski definition) is 3. The minimum atomic E-state index is -0.999. The third-order valence-corrected chi connectivity index (χ3v) is 6.41. The monoisotopic (exact) mass is 454 g/mol. The quantitative estimate of drug-likeness (QED) is 0.423. The number of fused-ring (bicyclic) bond motifs is 1. The standard InChI is InChI=1S/C25H30N2O6/c1-14-20(31-2)10-17(11-21(14)32-3)24(28)22(33-13-15-5-4-6-15)12-23-26-18-8-7-16(25(29)30)9-19(18)27-23/h7-11,15,22,24,28H,4-6,12-13H2,1-3H3,(H,26,27)(H,29,30)/t22-,24+/m0/s1. The predicted octanol–water partition coefficient (Wildman–Crippen LogP) is 4.05. The summed E-state index contributed by atoms with van der Waals surface area (Å²) in [4.78, 5) is 19.1. The number of aliphatic hydroxyl groups excluding tert-OH is 1. The Morgan fingerprint density at radius 2 is 1.88 bits per heavy atom. The molecule has 3 N–H and O–H groups in total. The molecule has 0 radical (unpaired) electrons. The Morgan fingerprint density at radius 1 is 1.18 bits per heavy atom. The third-order valence-electron chi connectivity index (χ3n) is 6.41. The van der Waals surface area contributed by atoms with E-state index in [-0.39, 0.29) is 5.56 Å². The molecule has 8 heteroatoms. The molecule has 1 aliphatic rings. The maximum absolute atomic E-state index is 11.3. The van der Waals surface area contributed by atoms with Crippen LogP contribution in [0.25, 0.3) is 11.0 Å². The number of nitrogens with zero attached hydrogens (tertiary/aromatic N) is 1. The van der Waals surface area contributed by atoms with Crippen molar-refractivity contribution in [2.24, 2.45) is 5.92 Å². The Kier molecular flexibility index (Phi) is 6.85. The molecule has 1 aliphatic carbocycles. The molecule has 2 aromatic carbocycles. The Bertz CT molecular complexity index is 1110. The van der Waals surface area contributed by atoms with Crippen LogP contribution in [0.15, 0.2) is 30.3 Å². The molecule has 1 fully saturated rings. The molecule has 0 spiro atoms. The summed E-state index contributed by atoms with van der Waals surface area (Å²) in [5.41, 5.74) is 2.97. The molecule has 0 saturated heterocycles. The normalized spacial score (nSPS) is 15.8. The van der Waals surface area contributed by atoms with E-state index in [0.717, 1.165) is 23.9 Å². The van der Waals surface area contributed by atoms with Crippen molar-refractivity contribution in [1.29, 1.82) is 0 Å². The van der Waals surface area contributed by atoms with E-state index in [0.29, 0.717) is 47.3 Å². The molecule has 4 rings (SSSR count). The Labute approximate surface area is 192 Å². The molecule has 1 saturated carbocycles. The molecular formula is C25H30N2O6. The second-order valence-electron chi connectivity index (χ2n) is 8.59. The summed E-state index contributed by atoms with van der Waals surface area (Å²) in [5.74, 6) is 1.39. The smallest absolute Gasteiger partial charge is 0.335 e. The molecule has 33 heavy (non-hydrogen) atoms. The fraction of sp³-hybridized carbons (Fsp3) is 0.440. The van der Waals surface area contributed by atoms with Gasteiger partial charge >= 0.3 is 5.97 Å². The van der Waals surface area contributed by atoms with Gasteiger partial charge in [0.1, 0.15) is 23.4 Å². The number of ether oxygens (including phenoxy) is 3. The van der Waals surface area contributed by atoms with Crippen LogP contribution in [0.5, 0.6) is 11.5 Å². The average Bonchev–Trinajstić information content (AvgIpc) is 3.18. The topological polar surface area (TPSA) is 114 Å². The highest BCUT2D eigenvalue weighted by Crippen LogP contribution is 2.35. The van der Waals surface area contributed by atoms with Gasteiger partial charge in [0.05, 0.1) is 36.9 Å².